The molecule has 11 heteroatoms. The summed E-state index contributed by atoms with van der Waals surface area (Å²) < 4.78 is 45.4. The Bertz CT molecular complexity index is 1470. The molecule has 2 aromatic carbocycles. The molecule has 0 radical (unpaired) electrons. The van der Waals surface area contributed by atoms with Gasteiger partial charge in [0.15, 0.2) is 11.4 Å². The van der Waals surface area contributed by atoms with E-state index in [4.69, 9.17) is 13.7 Å². The largest absolute Gasteiger partial charge is 0.496 e. The van der Waals surface area contributed by atoms with Gasteiger partial charge in [0.2, 0.25) is 15.9 Å². The van der Waals surface area contributed by atoms with E-state index in [1.54, 1.807) is 24.3 Å². The maximum Gasteiger partial charge on any atom is 0.420 e. The minimum atomic E-state index is -3.86. The van der Waals surface area contributed by atoms with Crippen LogP contribution in [0.15, 0.2) is 61.1 Å². The van der Waals surface area contributed by atoms with Crippen LogP contribution in [0.5, 0.6) is 5.75 Å². The molecule has 1 N–H and O–H groups in total. The smallest absolute Gasteiger partial charge is 0.420 e. The van der Waals surface area contributed by atoms with Gasteiger partial charge in [-0.1, -0.05) is 29.8 Å². The molecular weight excluding hydrogens is 448 g/mol. The molecule has 0 aliphatic heterocycles. The van der Waals surface area contributed by atoms with Crippen molar-refractivity contribution in [1.29, 1.82) is 0 Å². The Hall–Kier alpha value is -3.44. The molecule has 5 rings (SSSR count). The first-order chi connectivity index (χ1) is 15.9. The van der Waals surface area contributed by atoms with Gasteiger partial charge in [-0.3, -0.25) is 4.57 Å². The molecule has 1 fully saturated rings. The Morgan fingerprint density at radius 2 is 2.03 bits per heavy atom. The molecule has 0 bridgehead atoms. The van der Waals surface area contributed by atoms with Crippen LogP contribution in [0.3, 0.4) is 0 Å². The molecule has 1 saturated carbocycles. The van der Waals surface area contributed by atoms with Crippen molar-refractivity contribution in [2.75, 3.05) is 7.11 Å². The number of aromatic nitrogens is 3. The Kier molecular flexibility index (Phi) is 5.51. The average Bonchev–Trinajstić information content (AvgIpc) is 3.35. The first kappa shape index (κ1) is 21.4. The molecule has 172 valence electrons. The second-order valence-corrected chi connectivity index (χ2v) is 9.66. The summed E-state index contributed by atoms with van der Waals surface area (Å²) in [6.45, 7) is 0.122. The van der Waals surface area contributed by atoms with Crippen LogP contribution >= 0.6 is 0 Å². The zero-order valence-electron chi connectivity index (χ0n) is 17.9. The van der Waals surface area contributed by atoms with Crippen LogP contribution in [0.1, 0.15) is 42.5 Å². The summed E-state index contributed by atoms with van der Waals surface area (Å²) in [5, 5.41) is 3.96. The summed E-state index contributed by atoms with van der Waals surface area (Å²) in [6.07, 6.45) is 3.20. The van der Waals surface area contributed by atoms with Crippen LogP contribution in [0.25, 0.3) is 11.1 Å². The SMILES string of the molecule is COc1ccccc1CNS(=O)(=O)c1ccc2c(c1)oc(=O)n2Cc1noc(C2CCC2)n1. The van der Waals surface area contributed by atoms with Crippen molar-refractivity contribution < 1.29 is 22.1 Å². The van der Waals surface area contributed by atoms with Crippen molar-refractivity contribution in [3.05, 3.63) is 70.3 Å². The molecule has 4 aromatic rings. The Balaban J connectivity index is 1.37. The van der Waals surface area contributed by atoms with E-state index in [1.807, 2.05) is 0 Å². The summed E-state index contributed by atoms with van der Waals surface area (Å²) in [6, 6.07) is 11.4. The van der Waals surface area contributed by atoms with Gasteiger partial charge >= 0.3 is 5.76 Å². The second kappa shape index (κ2) is 8.49. The molecule has 0 amide bonds. The lowest BCUT2D eigenvalue weighted by atomic mass is 9.85. The number of methoxy groups -OCH3 is 1. The minimum Gasteiger partial charge on any atom is -0.496 e. The number of benzene rings is 2. The van der Waals surface area contributed by atoms with Gasteiger partial charge in [-0.2, -0.15) is 4.98 Å². The lowest BCUT2D eigenvalue weighted by Gasteiger charge is -2.20. The standard InChI is InChI=1S/C22H22N4O6S/c1-30-18-8-3-2-5-15(18)12-23-33(28,29)16-9-10-17-19(11-16)31-22(27)26(17)13-20-24-21(32-25-20)14-6-4-7-14/h2-3,5,8-11,14,23H,4,6-7,12-13H2,1H3. The zero-order chi connectivity index (χ0) is 23.0. The van der Waals surface area contributed by atoms with Crippen LogP contribution in [0, 0.1) is 0 Å². The van der Waals surface area contributed by atoms with Crippen LogP contribution < -0.4 is 15.2 Å². The summed E-state index contributed by atoms with van der Waals surface area (Å²) in [5.41, 5.74) is 1.30. The fourth-order valence-corrected chi connectivity index (χ4v) is 4.78. The van der Waals surface area contributed by atoms with Gasteiger partial charge < -0.3 is 13.7 Å². The van der Waals surface area contributed by atoms with E-state index in [2.05, 4.69) is 14.9 Å². The molecule has 1 aliphatic carbocycles. The van der Waals surface area contributed by atoms with E-state index in [0.29, 0.717) is 34.5 Å². The number of nitrogens with one attached hydrogen (secondary N) is 1. The molecule has 10 nitrogen and oxygen atoms in total. The second-order valence-electron chi connectivity index (χ2n) is 7.90. The van der Waals surface area contributed by atoms with Gasteiger partial charge in [-0.05, 0) is 31.0 Å². The quantitative estimate of drug-likeness (QED) is 0.416. The van der Waals surface area contributed by atoms with E-state index in [9.17, 15) is 13.2 Å². The fraction of sp³-hybridized carbons (Fsp3) is 0.318. The topological polar surface area (TPSA) is 129 Å². The van der Waals surface area contributed by atoms with Gasteiger partial charge in [0.25, 0.3) is 0 Å². The van der Waals surface area contributed by atoms with Gasteiger partial charge in [0.1, 0.15) is 5.75 Å². The molecule has 0 atom stereocenters. The van der Waals surface area contributed by atoms with E-state index >= 15 is 0 Å². The van der Waals surface area contributed by atoms with E-state index in [1.165, 1.54) is 29.9 Å². The monoisotopic (exact) mass is 470 g/mol. The molecule has 33 heavy (non-hydrogen) atoms. The van der Waals surface area contributed by atoms with E-state index < -0.39 is 15.8 Å². The van der Waals surface area contributed by atoms with Crippen LogP contribution in [0.2, 0.25) is 0 Å². The van der Waals surface area contributed by atoms with Crippen LogP contribution in [0.4, 0.5) is 0 Å². The number of fused-ring (bicyclic) bond motifs is 1. The highest BCUT2D eigenvalue weighted by molar-refractivity contribution is 7.89. The Morgan fingerprint density at radius 1 is 1.21 bits per heavy atom. The predicted molar refractivity (Wildman–Crippen MR) is 117 cm³/mol. The van der Waals surface area contributed by atoms with E-state index in [0.717, 1.165) is 19.3 Å². The lowest BCUT2D eigenvalue weighted by Crippen LogP contribution is -2.23. The molecule has 2 aromatic heterocycles. The van der Waals surface area contributed by atoms with Crippen LogP contribution in [-0.2, 0) is 23.1 Å². The van der Waals surface area contributed by atoms with Gasteiger partial charge in [0.05, 0.1) is 24.1 Å². The van der Waals surface area contributed by atoms with Gasteiger partial charge in [-0.15, -0.1) is 0 Å². The number of hydrogen-bond donors (Lipinski definition) is 1. The van der Waals surface area contributed by atoms with Gasteiger partial charge in [-0.25, -0.2) is 17.9 Å². The van der Waals surface area contributed by atoms with E-state index in [-0.39, 0.29) is 23.6 Å². The molecule has 1 aliphatic rings. The van der Waals surface area contributed by atoms with Crippen molar-refractivity contribution in [1.82, 2.24) is 19.4 Å². The summed E-state index contributed by atoms with van der Waals surface area (Å²) in [4.78, 5) is 16.8. The zero-order valence-corrected chi connectivity index (χ0v) is 18.7. The number of nitrogens with zero attached hydrogens (tertiary/aromatic N) is 3. The van der Waals surface area contributed by atoms with Crippen molar-refractivity contribution >= 4 is 21.1 Å². The number of para-hydroxylation sites is 1. The third-order valence-corrected chi connectivity index (χ3v) is 7.23. The molecule has 0 spiro atoms. The highest BCUT2D eigenvalue weighted by Crippen LogP contribution is 2.35. The minimum absolute atomic E-state index is 0.0161. The van der Waals surface area contributed by atoms with Gasteiger partial charge in [0, 0.05) is 24.1 Å². The van der Waals surface area contributed by atoms with Crippen molar-refractivity contribution in [2.45, 2.75) is 43.2 Å². The normalized spacial score (nSPS) is 14.5. The number of rotatable bonds is 8. The Labute approximate surface area is 189 Å². The van der Waals surface area contributed by atoms with Crippen molar-refractivity contribution in [3.63, 3.8) is 0 Å². The third kappa shape index (κ3) is 4.16. The highest BCUT2D eigenvalue weighted by Gasteiger charge is 2.26. The average molecular weight is 471 g/mol. The highest BCUT2D eigenvalue weighted by atomic mass is 32.2. The third-order valence-electron chi connectivity index (χ3n) is 5.83. The predicted octanol–water partition coefficient (Wildman–Crippen LogP) is 2.78. The van der Waals surface area contributed by atoms with Crippen LogP contribution in [-0.4, -0.2) is 30.2 Å². The number of hydrogen-bond acceptors (Lipinski definition) is 8. The maximum atomic E-state index is 12.8. The maximum absolute atomic E-state index is 12.8. The summed E-state index contributed by atoms with van der Waals surface area (Å²) in [5.74, 6) is 1.21. The first-order valence-corrected chi connectivity index (χ1v) is 12.0. The number of oxazole rings is 1. The summed E-state index contributed by atoms with van der Waals surface area (Å²) >= 11 is 0. The van der Waals surface area contributed by atoms with Crippen molar-refractivity contribution in [2.24, 2.45) is 0 Å². The molecule has 2 heterocycles. The Morgan fingerprint density at radius 3 is 2.79 bits per heavy atom. The fourth-order valence-electron chi connectivity index (χ4n) is 3.76. The van der Waals surface area contributed by atoms with Crippen molar-refractivity contribution in [3.8, 4) is 5.75 Å². The summed E-state index contributed by atoms with van der Waals surface area (Å²) in [7, 11) is -2.33. The first-order valence-electron chi connectivity index (χ1n) is 10.5. The molecule has 0 unspecified atom stereocenters. The number of ether oxygens (including phenoxy) is 1. The lowest BCUT2D eigenvalue weighted by molar-refractivity contribution is 0.291. The molecule has 0 saturated heterocycles. The molecular formula is C22H22N4O6S. The number of sulfonamides is 1.